The van der Waals surface area contributed by atoms with E-state index in [0.29, 0.717) is 83.1 Å². The fourth-order valence-electron chi connectivity index (χ4n) is 14.0. The number of hydrogen-bond acceptors (Lipinski definition) is 21. The number of amides is 6. The maximum absolute atomic E-state index is 13.6. The summed E-state index contributed by atoms with van der Waals surface area (Å²) < 4.78 is 0. The summed E-state index contributed by atoms with van der Waals surface area (Å²) in [5.74, 6) is 2.34. The molecule has 6 amide bonds. The minimum Gasteiger partial charge on any atom is -0.389 e. The van der Waals surface area contributed by atoms with Crippen LogP contribution in [-0.2, 0) is 0 Å². The molecule has 13 rings (SSSR count). The third kappa shape index (κ3) is 19.2. The summed E-state index contributed by atoms with van der Waals surface area (Å²) in [6, 6.07) is 6.90. The summed E-state index contributed by atoms with van der Waals surface area (Å²) in [5.41, 5.74) is 3.26. The SMILES string of the molecule is Cc1cc(NC(C)(C)C)ncc1-c1sc(C(=O)NCC2(O)CCC2)nc1C(=O)N1CCC[C@@H]1C.Cc1cc(NC(C)(C)C)ncc1-c1sc(C(=O)NCC2(O)CCC2)nc1C(=O)N1CCC[C@@H]1C.Cc1cc(NC(C2CC2)C2CC2)ncc1-c1sc(C(=O)NCC(C)(C)O)nc1C(=O)N1CCC[C@@H]1C. The average molecular weight is 1480 g/mol. The Morgan fingerprint density at radius 3 is 1.08 bits per heavy atom. The van der Waals surface area contributed by atoms with E-state index in [2.05, 4.69) is 105 Å². The summed E-state index contributed by atoms with van der Waals surface area (Å²) in [5, 5.41) is 50.1. The molecular formula is C77H107N15O9S3. The standard InChI is InChI=1S/C27H37N5O3S.2C25H35N5O3S/c1-15-12-20(30-21(17-7-8-17)18-9-10-18)28-13-19(15)23-22(26(34)32-11-5-6-16(32)2)31-25(36-23)24(33)29-14-27(3,4)35;2*1-15-12-18(29-24(3,4)5)26-13-17(15)20-19(23(32)30-11-6-8-16(30)2)28-22(34-20)21(31)27-14-25(33)9-7-10-25/h12-13,16-18,21,35H,5-11,14H2,1-4H3,(H,28,30)(H,29,33);2*12-13,16,33H,6-11,14H2,1-5H3,(H,26,29)(H,27,31)/t3*16-/m000/s1. The lowest BCUT2D eigenvalue weighted by Crippen LogP contribution is -2.47. The van der Waals surface area contributed by atoms with E-state index in [-0.39, 0.29) is 93.4 Å². The molecular weight excluding hydrogens is 1380 g/mol. The van der Waals surface area contributed by atoms with Crippen LogP contribution in [0.15, 0.2) is 36.8 Å². The molecule has 9 N–H and O–H groups in total. The zero-order valence-electron chi connectivity index (χ0n) is 63.0. The van der Waals surface area contributed by atoms with Crippen molar-refractivity contribution >= 4 is 86.9 Å². The smallest absolute Gasteiger partial charge is 0.280 e. The van der Waals surface area contributed by atoms with Crippen molar-refractivity contribution in [3.05, 3.63) is 85.6 Å². The van der Waals surface area contributed by atoms with Crippen molar-refractivity contribution in [2.45, 2.75) is 252 Å². The molecule has 4 aliphatic carbocycles. The third-order valence-electron chi connectivity index (χ3n) is 20.6. The van der Waals surface area contributed by atoms with Crippen LogP contribution in [0, 0.1) is 32.6 Å². The number of anilines is 3. The van der Waals surface area contributed by atoms with E-state index in [0.717, 1.165) is 114 Å². The molecule has 0 spiro atoms. The van der Waals surface area contributed by atoms with Gasteiger partial charge in [0.15, 0.2) is 15.0 Å². The lowest BCUT2D eigenvalue weighted by molar-refractivity contribution is -0.0302. The Balaban J connectivity index is 0.000000156. The molecule has 3 aliphatic heterocycles. The van der Waals surface area contributed by atoms with Crippen molar-refractivity contribution in [3.8, 4) is 31.3 Å². The second kappa shape index (κ2) is 31.5. The van der Waals surface area contributed by atoms with Gasteiger partial charge in [-0.25, -0.2) is 29.9 Å². The Labute approximate surface area is 623 Å². The molecule has 4 saturated carbocycles. The fourth-order valence-corrected chi connectivity index (χ4v) is 17.1. The largest absolute Gasteiger partial charge is 0.389 e. The van der Waals surface area contributed by atoms with E-state index in [1.165, 1.54) is 59.7 Å². The molecule has 0 aromatic carbocycles. The van der Waals surface area contributed by atoms with Gasteiger partial charge in [-0.3, -0.25) is 28.8 Å². The summed E-state index contributed by atoms with van der Waals surface area (Å²) >= 11 is 3.62. The van der Waals surface area contributed by atoms with Crippen molar-refractivity contribution in [1.29, 1.82) is 0 Å². The van der Waals surface area contributed by atoms with Crippen LogP contribution in [0.25, 0.3) is 31.3 Å². The molecule has 562 valence electrons. The number of thiazole rings is 3. The number of nitrogens with one attached hydrogen (secondary N) is 6. The predicted molar refractivity (Wildman–Crippen MR) is 410 cm³/mol. The first-order valence-electron chi connectivity index (χ1n) is 37.2. The highest BCUT2D eigenvalue weighted by Gasteiger charge is 2.43. The van der Waals surface area contributed by atoms with Crippen LogP contribution in [0.4, 0.5) is 17.5 Å². The van der Waals surface area contributed by atoms with Gasteiger partial charge in [0.05, 0.1) is 31.4 Å². The van der Waals surface area contributed by atoms with E-state index in [4.69, 9.17) is 4.98 Å². The number of likely N-dealkylation sites (tertiary alicyclic amines) is 3. The number of hydrogen-bond donors (Lipinski definition) is 9. The van der Waals surface area contributed by atoms with Crippen LogP contribution in [0.3, 0.4) is 0 Å². The lowest BCUT2D eigenvalue weighted by Gasteiger charge is -2.36. The van der Waals surface area contributed by atoms with Gasteiger partial charge in [-0.2, -0.15) is 0 Å². The first-order valence-corrected chi connectivity index (χ1v) is 39.7. The van der Waals surface area contributed by atoms with E-state index >= 15 is 0 Å². The number of carbonyl (C=O) groups excluding carboxylic acids is 6. The number of rotatable bonds is 21. The van der Waals surface area contributed by atoms with Gasteiger partial charge < -0.3 is 61.9 Å². The van der Waals surface area contributed by atoms with Crippen LogP contribution in [-0.4, -0.2) is 187 Å². The Hall–Kier alpha value is -7.56. The van der Waals surface area contributed by atoms with Crippen molar-refractivity contribution in [1.82, 2.24) is 60.6 Å². The third-order valence-corrected chi connectivity index (χ3v) is 23.8. The Bertz CT molecular complexity index is 3970. The minimum atomic E-state index is -1.04. The Kier molecular flexibility index (Phi) is 23.5. The second-order valence-corrected chi connectivity index (χ2v) is 35.8. The number of aromatic nitrogens is 6. The maximum Gasteiger partial charge on any atom is 0.280 e. The van der Waals surface area contributed by atoms with Gasteiger partial charge in [-0.1, -0.05) is 0 Å². The number of aryl methyl sites for hydroxylation is 3. The Morgan fingerprint density at radius 1 is 0.490 bits per heavy atom. The molecule has 6 aromatic heterocycles. The molecule has 24 nitrogen and oxygen atoms in total. The number of pyridine rings is 3. The molecule has 0 radical (unpaired) electrons. The minimum absolute atomic E-state index is 0.0945. The van der Waals surface area contributed by atoms with Gasteiger partial charge in [0, 0.05) is 110 Å². The zero-order chi connectivity index (χ0) is 75.0. The quantitative estimate of drug-likeness (QED) is 0.0323. The van der Waals surface area contributed by atoms with Crippen molar-refractivity contribution in [2.75, 3.05) is 55.2 Å². The number of nitrogens with zero attached hydrogens (tertiary/aromatic N) is 9. The van der Waals surface area contributed by atoms with Gasteiger partial charge in [0.2, 0.25) is 0 Å². The van der Waals surface area contributed by atoms with E-state index in [1.807, 2.05) is 73.7 Å². The predicted octanol–water partition coefficient (Wildman–Crippen LogP) is 12.2. The molecule has 7 fully saturated rings. The first kappa shape index (κ1) is 77.5. The highest BCUT2D eigenvalue weighted by atomic mass is 32.1. The fraction of sp³-hybridized carbons (Fsp3) is 0.610. The average Bonchev–Trinajstić information content (AvgIpc) is 1.62. The van der Waals surface area contributed by atoms with Gasteiger partial charge in [-0.15, -0.1) is 34.0 Å². The van der Waals surface area contributed by atoms with Crippen molar-refractivity contribution in [2.24, 2.45) is 11.8 Å². The highest BCUT2D eigenvalue weighted by Crippen LogP contribution is 2.47. The van der Waals surface area contributed by atoms with Gasteiger partial charge >= 0.3 is 0 Å². The normalized spacial score (nSPS) is 19.8. The highest BCUT2D eigenvalue weighted by molar-refractivity contribution is 7.18. The van der Waals surface area contributed by atoms with E-state index in [9.17, 15) is 44.1 Å². The van der Waals surface area contributed by atoms with Crippen molar-refractivity contribution in [3.63, 3.8) is 0 Å². The molecule has 0 unspecified atom stereocenters. The molecule has 7 aliphatic rings. The van der Waals surface area contributed by atoms with Crippen LogP contribution in [0.2, 0.25) is 0 Å². The van der Waals surface area contributed by atoms with E-state index < -0.39 is 22.7 Å². The number of carbonyl (C=O) groups is 6. The second-order valence-electron chi connectivity index (χ2n) is 32.8. The lowest BCUT2D eigenvalue weighted by atomic mass is 9.80. The maximum atomic E-state index is 13.6. The summed E-state index contributed by atoms with van der Waals surface area (Å²) in [6.07, 6.45) is 21.0. The molecule has 9 heterocycles. The van der Waals surface area contributed by atoms with Crippen LogP contribution in [0.1, 0.15) is 256 Å². The van der Waals surface area contributed by atoms with Gasteiger partial charge in [0.25, 0.3) is 35.4 Å². The van der Waals surface area contributed by atoms with Gasteiger partial charge in [0.1, 0.15) is 34.5 Å². The molecule has 0 bridgehead atoms. The zero-order valence-corrected chi connectivity index (χ0v) is 65.5. The summed E-state index contributed by atoms with van der Waals surface area (Å²) in [7, 11) is 0. The van der Waals surface area contributed by atoms with Crippen LogP contribution in [0.5, 0.6) is 0 Å². The molecule has 104 heavy (non-hydrogen) atoms. The Morgan fingerprint density at radius 2 is 0.808 bits per heavy atom. The summed E-state index contributed by atoms with van der Waals surface area (Å²) in [4.78, 5) is 114. The monoisotopic (exact) mass is 1480 g/mol. The molecule has 3 saturated heterocycles. The first-order chi connectivity index (χ1) is 49.0. The van der Waals surface area contributed by atoms with Crippen LogP contribution < -0.4 is 31.9 Å². The molecule has 6 aromatic rings. The summed E-state index contributed by atoms with van der Waals surface area (Å²) in [6.45, 7) is 30.4. The van der Waals surface area contributed by atoms with E-state index in [1.54, 1.807) is 26.2 Å². The molecule has 3 atom stereocenters. The van der Waals surface area contributed by atoms with Crippen molar-refractivity contribution < 1.29 is 44.1 Å². The topological polar surface area (TPSA) is 322 Å². The van der Waals surface area contributed by atoms with Gasteiger partial charge in [-0.05, 0) is 246 Å². The molecule has 27 heteroatoms. The van der Waals surface area contributed by atoms with Crippen LogP contribution >= 0.6 is 34.0 Å². The number of aliphatic hydroxyl groups is 3.